The van der Waals surface area contributed by atoms with Crippen molar-refractivity contribution >= 4 is 33.9 Å². The van der Waals surface area contributed by atoms with Gasteiger partial charge in [-0.15, -0.1) is 0 Å². The SMILES string of the molecule is COc1ccc(-c2nc(OCC(COC(=O)CCCON(O)O)OC(=O)CCCON(O)O)c(Oc3ccccc3OC)c(N(COC(=O)OCCCCON(O)O)S(=O)(=O)c3ccc(C(C)(C)C)cn3)n2)cc1. The Balaban J connectivity index is 1.90. The van der Waals surface area contributed by atoms with Crippen molar-refractivity contribution in [3.05, 3.63) is 72.4 Å². The molecule has 0 aliphatic heterocycles. The summed E-state index contributed by atoms with van der Waals surface area (Å²) in [6, 6.07) is 15.2. The van der Waals surface area contributed by atoms with Crippen molar-refractivity contribution in [3.63, 3.8) is 0 Å². The molecule has 0 radical (unpaired) electrons. The molecular weight excluding hydrogens is 1010 g/mol. The molecule has 0 aliphatic rings. The molecule has 4 rings (SSSR count). The molecule has 0 saturated heterocycles. The monoisotopic (exact) mass is 1070 g/mol. The van der Waals surface area contributed by atoms with E-state index in [1.165, 1.54) is 50.7 Å². The number of para-hydroxylation sites is 2. The van der Waals surface area contributed by atoms with E-state index >= 15 is 8.42 Å². The molecule has 74 heavy (non-hydrogen) atoms. The summed E-state index contributed by atoms with van der Waals surface area (Å²) in [5.41, 5.74) is 0.465. The number of hydrogen-bond acceptors (Lipinski definition) is 28. The van der Waals surface area contributed by atoms with E-state index in [1.54, 1.807) is 30.3 Å². The number of carbonyl (C=O) groups is 3. The highest BCUT2D eigenvalue weighted by Gasteiger charge is 2.36. The number of ether oxygens (including phenoxy) is 8. The first-order valence-electron chi connectivity index (χ1n) is 22.3. The second-order valence-electron chi connectivity index (χ2n) is 16.1. The summed E-state index contributed by atoms with van der Waals surface area (Å²) < 4.78 is 75.8. The number of anilines is 1. The normalized spacial score (nSPS) is 12.1. The fourth-order valence-corrected chi connectivity index (χ4v) is 7.16. The van der Waals surface area contributed by atoms with Crippen LogP contribution in [0.4, 0.5) is 10.6 Å². The minimum absolute atomic E-state index is 0.0338. The number of nitrogens with zero attached hydrogens (tertiary/aromatic N) is 7. The van der Waals surface area contributed by atoms with Crippen LogP contribution in [0, 0.1) is 0 Å². The number of carbonyl (C=O) groups excluding carboxylic acids is 3. The summed E-state index contributed by atoms with van der Waals surface area (Å²) in [5, 5.41) is 50.8. The van der Waals surface area contributed by atoms with Crippen LogP contribution in [0.1, 0.15) is 64.9 Å². The lowest BCUT2D eigenvalue weighted by atomic mass is 9.88. The van der Waals surface area contributed by atoms with E-state index in [-0.39, 0.29) is 87.8 Å². The lowest BCUT2D eigenvalue weighted by molar-refractivity contribution is -0.492. The van der Waals surface area contributed by atoms with E-state index in [0.717, 1.165) is 0 Å². The highest BCUT2D eigenvalue weighted by Crippen LogP contribution is 2.44. The number of rotatable bonds is 32. The van der Waals surface area contributed by atoms with Crippen LogP contribution >= 0.6 is 0 Å². The number of aromatic nitrogens is 3. The van der Waals surface area contributed by atoms with Crippen LogP contribution in [0.15, 0.2) is 71.9 Å². The van der Waals surface area contributed by atoms with Crippen molar-refractivity contribution in [2.75, 3.05) is 64.9 Å². The quantitative estimate of drug-likeness (QED) is 0.0121. The third-order valence-corrected chi connectivity index (χ3v) is 11.3. The van der Waals surface area contributed by atoms with E-state index in [0.29, 0.717) is 15.6 Å². The Hall–Kier alpha value is -6.65. The molecule has 0 amide bonds. The van der Waals surface area contributed by atoms with Crippen LogP contribution in [0.2, 0.25) is 0 Å². The average molecular weight is 1070 g/mol. The van der Waals surface area contributed by atoms with Crippen molar-refractivity contribution in [1.82, 2.24) is 31.1 Å². The number of pyridine rings is 1. The average Bonchev–Trinajstić information content (AvgIpc) is 3.36. The smallest absolute Gasteiger partial charge is 0.497 e. The van der Waals surface area contributed by atoms with Crippen molar-refractivity contribution in [1.29, 1.82) is 0 Å². The Morgan fingerprint density at radius 1 is 0.676 bits per heavy atom. The molecule has 2 heterocycles. The van der Waals surface area contributed by atoms with E-state index in [2.05, 4.69) is 29.5 Å². The lowest BCUT2D eigenvalue weighted by Gasteiger charge is -2.26. The van der Waals surface area contributed by atoms with Gasteiger partial charge < -0.3 is 37.9 Å². The number of sulfonamides is 1. The van der Waals surface area contributed by atoms with Gasteiger partial charge in [0.05, 0.1) is 56.8 Å². The van der Waals surface area contributed by atoms with Gasteiger partial charge in [-0.05, 0) is 79.1 Å². The standard InChI is InChI=1S/C44H59N7O22S/c1-44(2,3)31-18-21-36(45-26-31)74(61,62)48(29-68-43(54)65-22-8-9-23-69-49(55)56)41-39(73-35-13-7-6-12-34(35)64-5)42(47-40(46-41)30-16-19-32(63-4)20-17-30)67-28-33(72-38(53)15-11-25-71-51(59)60)27-66-37(52)14-10-24-70-50(57)58/h6-7,12-13,16-21,26,33,55-60H,8-11,14-15,22-25,27-29H2,1-5H3. The zero-order chi connectivity index (χ0) is 54.3. The van der Waals surface area contributed by atoms with Gasteiger partial charge in [-0.2, -0.15) is 13.4 Å². The summed E-state index contributed by atoms with van der Waals surface area (Å²) in [6.07, 6.45) is -1.84. The number of esters is 2. The number of unbranched alkanes of at least 4 members (excludes halogenated alkanes) is 1. The number of benzene rings is 2. The minimum atomic E-state index is -4.97. The third kappa shape index (κ3) is 20.0. The van der Waals surface area contributed by atoms with Gasteiger partial charge in [0, 0.05) is 24.6 Å². The summed E-state index contributed by atoms with van der Waals surface area (Å²) in [7, 11) is -2.20. The predicted octanol–water partition coefficient (Wildman–Crippen LogP) is 5.16. The second kappa shape index (κ2) is 29.9. The molecule has 0 fully saturated rings. The van der Waals surface area contributed by atoms with Gasteiger partial charge in [0.2, 0.25) is 5.75 Å². The van der Waals surface area contributed by atoms with Crippen LogP contribution in [-0.4, -0.2) is 156 Å². The van der Waals surface area contributed by atoms with Crippen molar-refractivity contribution in [2.45, 2.75) is 75.8 Å². The Kier molecular flexibility index (Phi) is 24.2. The van der Waals surface area contributed by atoms with Crippen LogP contribution in [0.5, 0.6) is 28.9 Å². The molecule has 408 valence electrons. The largest absolute Gasteiger partial charge is 0.510 e. The third-order valence-electron chi connectivity index (χ3n) is 9.70. The molecule has 2 aromatic heterocycles. The van der Waals surface area contributed by atoms with Gasteiger partial charge in [-0.3, -0.25) is 55.3 Å². The first kappa shape index (κ1) is 59.9. The van der Waals surface area contributed by atoms with E-state index in [9.17, 15) is 14.4 Å². The first-order valence-corrected chi connectivity index (χ1v) is 23.7. The molecule has 30 heteroatoms. The topological polar surface area (TPSA) is 360 Å². The molecule has 6 N–H and O–H groups in total. The van der Waals surface area contributed by atoms with E-state index in [1.807, 2.05) is 20.8 Å². The zero-order valence-electron chi connectivity index (χ0n) is 40.9. The molecular formula is C44H59N7O22S. The Labute approximate surface area is 424 Å². The highest BCUT2D eigenvalue weighted by atomic mass is 32.2. The summed E-state index contributed by atoms with van der Waals surface area (Å²) >= 11 is 0. The summed E-state index contributed by atoms with van der Waals surface area (Å²) in [6.45, 7) is 2.13. The van der Waals surface area contributed by atoms with Crippen LogP contribution in [0.25, 0.3) is 11.4 Å². The van der Waals surface area contributed by atoms with E-state index in [4.69, 9.17) is 69.1 Å². The van der Waals surface area contributed by atoms with Gasteiger partial charge in [0.25, 0.3) is 15.9 Å². The number of hydrogen-bond donors (Lipinski definition) is 6. The lowest BCUT2D eigenvalue weighted by Crippen LogP contribution is -2.36. The highest BCUT2D eigenvalue weighted by molar-refractivity contribution is 7.92. The Morgan fingerprint density at radius 2 is 1.28 bits per heavy atom. The second-order valence-corrected chi connectivity index (χ2v) is 17.9. The maximum absolute atomic E-state index is 15.1. The molecule has 0 saturated carbocycles. The van der Waals surface area contributed by atoms with Gasteiger partial charge in [-0.1, -0.05) is 39.0 Å². The number of methoxy groups -OCH3 is 2. The fourth-order valence-electron chi connectivity index (χ4n) is 5.97. The molecule has 4 aromatic rings. The maximum Gasteiger partial charge on any atom is 0.510 e. The van der Waals surface area contributed by atoms with Gasteiger partial charge >= 0.3 is 18.1 Å². The van der Waals surface area contributed by atoms with Crippen molar-refractivity contribution in [2.24, 2.45) is 0 Å². The van der Waals surface area contributed by atoms with Gasteiger partial charge in [0.15, 0.2) is 41.0 Å². The molecule has 0 spiro atoms. The van der Waals surface area contributed by atoms with Crippen LogP contribution in [0.3, 0.4) is 0 Å². The summed E-state index contributed by atoms with van der Waals surface area (Å²) in [4.78, 5) is 66.0. The van der Waals surface area contributed by atoms with Crippen molar-refractivity contribution in [3.8, 4) is 40.3 Å². The Bertz CT molecular complexity index is 2480. The molecule has 0 aliphatic carbocycles. The molecule has 1 atom stereocenters. The zero-order valence-corrected chi connectivity index (χ0v) is 41.7. The summed E-state index contributed by atoms with van der Waals surface area (Å²) in [5.74, 6) is -3.15. The molecule has 29 nitrogen and oxygen atoms in total. The predicted molar refractivity (Wildman–Crippen MR) is 245 cm³/mol. The first-order chi connectivity index (χ1) is 35.2. The van der Waals surface area contributed by atoms with Crippen LogP contribution < -0.4 is 23.3 Å². The van der Waals surface area contributed by atoms with Crippen molar-refractivity contribution < 1.29 is 106 Å². The van der Waals surface area contributed by atoms with Gasteiger partial charge in [-0.25, -0.2) is 19.1 Å². The fraction of sp³-hybridized carbons (Fsp3) is 0.455. The van der Waals surface area contributed by atoms with Crippen LogP contribution in [-0.2, 0) is 58.5 Å². The molecule has 0 bridgehead atoms. The van der Waals surface area contributed by atoms with E-state index < -0.39 is 98.2 Å². The Morgan fingerprint density at radius 3 is 1.86 bits per heavy atom. The minimum Gasteiger partial charge on any atom is -0.497 e. The molecule has 1 unspecified atom stereocenters. The maximum atomic E-state index is 15.1. The van der Waals surface area contributed by atoms with Gasteiger partial charge in [0.1, 0.15) is 19.0 Å². The molecule has 2 aromatic carbocycles.